The van der Waals surface area contributed by atoms with Crippen molar-refractivity contribution >= 4 is 22.5 Å². The van der Waals surface area contributed by atoms with E-state index >= 15 is 0 Å². The van der Waals surface area contributed by atoms with Gasteiger partial charge in [0, 0.05) is 45.1 Å². The molecule has 0 unspecified atom stereocenters. The molecule has 0 radical (unpaired) electrons. The van der Waals surface area contributed by atoms with Crippen molar-refractivity contribution in [3.05, 3.63) is 78.8 Å². The fourth-order valence-corrected chi connectivity index (χ4v) is 3.96. The van der Waals surface area contributed by atoms with Gasteiger partial charge in [0.2, 0.25) is 0 Å². The molecule has 3 heterocycles. The van der Waals surface area contributed by atoms with Gasteiger partial charge in [0.05, 0.1) is 22.9 Å². The highest BCUT2D eigenvalue weighted by Gasteiger charge is 2.19. The maximum atomic E-state index is 9.01. The minimum atomic E-state index is 0.661. The normalized spacial score (nSPS) is 14.7. The second kappa shape index (κ2) is 8.67. The van der Waals surface area contributed by atoms with Crippen molar-refractivity contribution in [2.75, 3.05) is 36.6 Å². The van der Waals surface area contributed by atoms with Gasteiger partial charge in [-0.15, -0.1) is 0 Å². The van der Waals surface area contributed by atoms with Gasteiger partial charge in [-0.1, -0.05) is 24.3 Å². The fourth-order valence-electron chi connectivity index (χ4n) is 3.96. The van der Waals surface area contributed by atoms with E-state index in [4.69, 9.17) is 10.2 Å². The number of benzene rings is 2. The predicted molar refractivity (Wildman–Crippen MR) is 122 cm³/mol. The highest BCUT2D eigenvalue weighted by Crippen LogP contribution is 2.25. The Hall–Kier alpha value is -3.55. The third-order valence-electron chi connectivity index (χ3n) is 5.70. The van der Waals surface area contributed by atoms with Crippen LogP contribution in [0.3, 0.4) is 0 Å². The Morgan fingerprint density at radius 3 is 2.42 bits per heavy atom. The third-order valence-corrected chi connectivity index (χ3v) is 5.70. The summed E-state index contributed by atoms with van der Waals surface area (Å²) in [5.41, 5.74) is 7.98. The molecule has 31 heavy (non-hydrogen) atoms. The van der Waals surface area contributed by atoms with E-state index in [0.717, 1.165) is 60.7 Å². The summed E-state index contributed by atoms with van der Waals surface area (Å²) in [6, 6.07) is 17.9. The van der Waals surface area contributed by atoms with E-state index in [2.05, 4.69) is 43.4 Å². The second-order valence-electron chi connectivity index (χ2n) is 7.75. The Kier molecular flexibility index (Phi) is 5.43. The number of fused-ring (bicyclic) bond motifs is 1. The lowest BCUT2D eigenvalue weighted by Crippen LogP contribution is -2.46. The molecule has 5 rings (SSSR count). The largest absolute Gasteiger partial charge is 0.353 e. The van der Waals surface area contributed by atoms with E-state index < -0.39 is 0 Å². The molecule has 0 atom stereocenters. The van der Waals surface area contributed by atoms with E-state index in [1.165, 1.54) is 5.56 Å². The van der Waals surface area contributed by atoms with Crippen LogP contribution in [-0.4, -0.2) is 51.2 Å². The quantitative estimate of drug-likeness (QED) is 0.483. The van der Waals surface area contributed by atoms with Gasteiger partial charge in [-0.05, 0) is 47.0 Å². The monoisotopic (exact) mass is 412 g/mol. The van der Waals surface area contributed by atoms with Crippen LogP contribution in [0.25, 0.3) is 22.2 Å². The van der Waals surface area contributed by atoms with Crippen LogP contribution in [0.5, 0.6) is 0 Å². The van der Waals surface area contributed by atoms with Crippen LogP contribution in [0, 0.1) is 0 Å². The minimum absolute atomic E-state index is 0.661. The first-order chi connectivity index (χ1) is 15.3. The van der Waals surface area contributed by atoms with E-state index in [1.807, 2.05) is 55.0 Å². The average Bonchev–Trinajstić information content (AvgIpc) is 2.84. The molecule has 1 saturated heterocycles. The van der Waals surface area contributed by atoms with Crippen molar-refractivity contribution < 1.29 is 5.21 Å². The molecular weight excluding hydrogens is 388 g/mol. The van der Waals surface area contributed by atoms with Crippen molar-refractivity contribution in [3.8, 4) is 11.1 Å². The van der Waals surface area contributed by atoms with Crippen molar-refractivity contribution in [1.82, 2.24) is 19.9 Å². The zero-order valence-corrected chi connectivity index (χ0v) is 17.1. The number of pyridine rings is 1. The summed E-state index contributed by atoms with van der Waals surface area (Å²) in [6.07, 6.45) is 5.62. The Morgan fingerprint density at radius 1 is 0.871 bits per heavy atom. The maximum absolute atomic E-state index is 9.01. The summed E-state index contributed by atoms with van der Waals surface area (Å²) in [7, 11) is 0. The van der Waals surface area contributed by atoms with Gasteiger partial charge in [0.1, 0.15) is 5.82 Å². The lowest BCUT2D eigenvalue weighted by molar-refractivity contribution is 0.249. The molecule has 1 aliphatic heterocycles. The smallest absolute Gasteiger partial charge is 0.147 e. The van der Waals surface area contributed by atoms with Crippen LogP contribution in [0.1, 0.15) is 5.56 Å². The SMILES string of the molecule is ONc1ccc(-c2ccc3ncc(N4CCN(Cc5cccnc5)CC4)nc3c2)cc1. The topological polar surface area (TPSA) is 77.4 Å². The Balaban J connectivity index is 1.31. The summed E-state index contributed by atoms with van der Waals surface area (Å²) in [5.74, 6) is 0.922. The van der Waals surface area contributed by atoms with Crippen LogP contribution in [0.4, 0.5) is 11.5 Å². The highest BCUT2D eigenvalue weighted by atomic mass is 16.5. The van der Waals surface area contributed by atoms with Gasteiger partial charge in [0.15, 0.2) is 0 Å². The summed E-state index contributed by atoms with van der Waals surface area (Å²) >= 11 is 0. The first-order valence-electron chi connectivity index (χ1n) is 10.4. The number of rotatable bonds is 5. The van der Waals surface area contributed by atoms with Crippen LogP contribution in [-0.2, 0) is 6.54 Å². The first kappa shape index (κ1) is 19.4. The molecule has 0 aliphatic carbocycles. The van der Waals surface area contributed by atoms with Crippen molar-refractivity contribution in [2.24, 2.45) is 0 Å². The summed E-state index contributed by atoms with van der Waals surface area (Å²) in [6.45, 7) is 4.75. The number of piperazine rings is 1. The zero-order chi connectivity index (χ0) is 21.0. The fraction of sp³-hybridized carbons (Fsp3) is 0.208. The summed E-state index contributed by atoms with van der Waals surface area (Å²) in [4.78, 5) is 18.5. The van der Waals surface area contributed by atoms with Crippen molar-refractivity contribution in [3.63, 3.8) is 0 Å². The highest BCUT2D eigenvalue weighted by molar-refractivity contribution is 5.82. The number of nitrogens with zero attached hydrogens (tertiary/aromatic N) is 5. The Bertz CT molecular complexity index is 1160. The molecular formula is C24H24N6O. The molecule has 0 bridgehead atoms. The van der Waals surface area contributed by atoms with Gasteiger partial charge in [-0.25, -0.2) is 4.98 Å². The number of anilines is 2. The molecule has 0 saturated carbocycles. The van der Waals surface area contributed by atoms with Gasteiger partial charge < -0.3 is 4.90 Å². The van der Waals surface area contributed by atoms with E-state index in [0.29, 0.717) is 5.69 Å². The Labute approximate surface area is 181 Å². The number of nitrogens with one attached hydrogen (secondary N) is 1. The number of hydrogen-bond acceptors (Lipinski definition) is 7. The van der Waals surface area contributed by atoms with Crippen molar-refractivity contribution in [2.45, 2.75) is 6.54 Å². The summed E-state index contributed by atoms with van der Waals surface area (Å²) < 4.78 is 0. The van der Waals surface area contributed by atoms with Gasteiger partial charge in [-0.3, -0.25) is 25.6 Å². The average molecular weight is 412 g/mol. The van der Waals surface area contributed by atoms with Crippen molar-refractivity contribution in [1.29, 1.82) is 0 Å². The molecule has 1 aliphatic rings. The minimum Gasteiger partial charge on any atom is -0.353 e. The van der Waals surface area contributed by atoms with Crippen LogP contribution in [0.2, 0.25) is 0 Å². The number of aromatic nitrogens is 3. The lowest BCUT2D eigenvalue weighted by Gasteiger charge is -2.35. The lowest BCUT2D eigenvalue weighted by atomic mass is 10.0. The third kappa shape index (κ3) is 4.33. The van der Waals surface area contributed by atoms with Gasteiger partial charge in [-0.2, -0.15) is 0 Å². The van der Waals surface area contributed by atoms with E-state index in [9.17, 15) is 0 Å². The first-order valence-corrected chi connectivity index (χ1v) is 10.4. The van der Waals surface area contributed by atoms with Crippen LogP contribution < -0.4 is 10.4 Å². The molecule has 4 aromatic rings. The van der Waals surface area contributed by atoms with Crippen LogP contribution in [0.15, 0.2) is 73.2 Å². The second-order valence-corrected chi connectivity index (χ2v) is 7.75. The Morgan fingerprint density at radius 2 is 1.68 bits per heavy atom. The molecule has 7 heteroatoms. The molecule has 1 fully saturated rings. The molecule has 7 nitrogen and oxygen atoms in total. The molecule has 0 spiro atoms. The molecule has 156 valence electrons. The summed E-state index contributed by atoms with van der Waals surface area (Å²) in [5, 5.41) is 9.01. The van der Waals surface area contributed by atoms with E-state index in [1.54, 1.807) is 0 Å². The van der Waals surface area contributed by atoms with E-state index in [-0.39, 0.29) is 0 Å². The van der Waals surface area contributed by atoms with Crippen LogP contribution >= 0.6 is 0 Å². The maximum Gasteiger partial charge on any atom is 0.147 e. The van der Waals surface area contributed by atoms with Gasteiger partial charge in [0.25, 0.3) is 0 Å². The zero-order valence-electron chi connectivity index (χ0n) is 17.1. The molecule has 2 aromatic carbocycles. The standard InChI is InChI=1S/C24H24N6O/c31-28-21-6-3-19(4-7-21)20-5-8-22-23(14-20)27-24(16-26-22)30-12-10-29(11-13-30)17-18-2-1-9-25-15-18/h1-9,14-16,28,31H,10-13,17H2. The molecule has 2 N–H and O–H groups in total. The number of hydrogen-bond donors (Lipinski definition) is 2. The molecule has 0 amide bonds. The predicted octanol–water partition coefficient (Wildman–Crippen LogP) is 3.82. The van der Waals surface area contributed by atoms with Gasteiger partial charge >= 0.3 is 0 Å². The molecule has 2 aromatic heterocycles.